The van der Waals surface area contributed by atoms with Crippen LogP contribution in [0.4, 0.5) is 5.69 Å². The zero-order valence-electron chi connectivity index (χ0n) is 24.2. The van der Waals surface area contributed by atoms with Crippen molar-refractivity contribution in [1.29, 1.82) is 0 Å². The number of H-pyrrole nitrogens is 1. The molecule has 0 bridgehead atoms. The molecule has 43 heavy (non-hydrogen) atoms. The summed E-state index contributed by atoms with van der Waals surface area (Å²) in [4.78, 5) is 43.6. The van der Waals surface area contributed by atoms with Crippen LogP contribution in [0.3, 0.4) is 0 Å². The molecule has 2 N–H and O–H groups in total. The molecular formula is C33H33N6O4+. The highest BCUT2D eigenvalue weighted by atomic mass is 16.5. The van der Waals surface area contributed by atoms with Crippen molar-refractivity contribution in [1.82, 2.24) is 29.1 Å². The lowest BCUT2D eigenvalue weighted by Gasteiger charge is -2.42. The Morgan fingerprint density at radius 2 is 1.98 bits per heavy atom. The number of hydrogen-bond acceptors (Lipinski definition) is 5. The molecule has 2 amide bonds. The fourth-order valence-corrected chi connectivity index (χ4v) is 8.39. The van der Waals surface area contributed by atoms with Gasteiger partial charge in [0.25, 0.3) is 5.91 Å². The van der Waals surface area contributed by atoms with Crippen LogP contribution in [0.5, 0.6) is 0 Å². The highest BCUT2D eigenvalue weighted by molar-refractivity contribution is 5.98. The summed E-state index contributed by atoms with van der Waals surface area (Å²) in [7, 11) is 3.70. The number of fused-ring (bicyclic) bond motifs is 3. The van der Waals surface area contributed by atoms with Gasteiger partial charge in [-0.05, 0) is 42.5 Å². The summed E-state index contributed by atoms with van der Waals surface area (Å²) in [6.07, 6.45) is 4.96. The van der Waals surface area contributed by atoms with Crippen molar-refractivity contribution in [3.05, 3.63) is 82.0 Å². The molecule has 1 spiro atoms. The van der Waals surface area contributed by atoms with E-state index in [-0.39, 0.29) is 45.4 Å². The molecule has 10 heteroatoms. The highest BCUT2D eigenvalue weighted by Gasteiger charge is 2.78. The van der Waals surface area contributed by atoms with E-state index in [2.05, 4.69) is 45.6 Å². The molecule has 2 aromatic carbocycles. The van der Waals surface area contributed by atoms with Crippen molar-refractivity contribution >= 4 is 28.5 Å². The molecule has 4 aliphatic rings. The van der Waals surface area contributed by atoms with E-state index < -0.39 is 5.92 Å². The van der Waals surface area contributed by atoms with Crippen molar-refractivity contribution in [3.8, 4) is 12.0 Å². The van der Waals surface area contributed by atoms with Gasteiger partial charge in [-0.2, -0.15) is 5.10 Å². The second kappa shape index (κ2) is 9.27. The average molecular weight is 578 g/mol. The molecule has 1 saturated carbocycles. The number of likely N-dealkylation sites (tertiary alicyclic amines) is 1. The number of piperidine rings is 1. The zero-order valence-corrected chi connectivity index (χ0v) is 24.2. The fourth-order valence-electron chi connectivity index (χ4n) is 8.39. The molecule has 3 fully saturated rings. The molecular weight excluding hydrogens is 544 g/mol. The third-order valence-electron chi connectivity index (χ3n) is 10.5. The van der Waals surface area contributed by atoms with Crippen LogP contribution in [-0.4, -0.2) is 57.4 Å². The summed E-state index contributed by atoms with van der Waals surface area (Å²) in [6, 6.07) is 19.0. The second-order valence-electron chi connectivity index (χ2n) is 12.6. The predicted octanol–water partition coefficient (Wildman–Crippen LogP) is 3.00. The lowest BCUT2D eigenvalue weighted by atomic mass is 9.74. The van der Waals surface area contributed by atoms with Crippen LogP contribution in [0.25, 0.3) is 11.0 Å². The standard InChI is InChI=1S/C33H32N6O4/c1-37-27(10-14-35-37)30(40)34-13-9-24-29-23-6-4-3-5-20(23)18-33(29)19-28(33)39(2,31(24)41)22-7-8-26-25(17-22)36-32(42)38(26)21-11-15-43-16-12-21/h3-8,10,14,17,21,24,28-29H,11-12,15-16,18-19H2,1-2H3,(H-,34,36,40,42)/p+1. The number of aromatic amines is 1. The van der Waals surface area contributed by atoms with E-state index in [1.807, 2.05) is 35.9 Å². The van der Waals surface area contributed by atoms with Gasteiger partial charge in [0.05, 0.1) is 18.1 Å². The van der Waals surface area contributed by atoms with Gasteiger partial charge < -0.3 is 9.72 Å². The van der Waals surface area contributed by atoms with E-state index in [9.17, 15) is 14.4 Å². The van der Waals surface area contributed by atoms with Gasteiger partial charge in [0, 0.05) is 68.4 Å². The Hall–Kier alpha value is -4.46. The Morgan fingerprint density at radius 1 is 1.16 bits per heavy atom. The molecule has 2 aliphatic carbocycles. The first-order valence-corrected chi connectivity index (χ1v) is 14.9. The van der Waals surface area contributed by atoms with Gasteiger partial charge in [-0.3, -0.25) is 19.4 Å². The number of aryl methyl sites for hydroxylation is 1. The van der Waals surface area contributed by atoms with E-state index in [0.717, 1.165) is 42.4 Å². The van der Waals surface area contributed by atoms with Gasteiger partial charge in [0.15, 0.2) is 0 Å². The number of aromatic nitrogens is 4. The van der Waals surface area contributed by atoms with Crippen molar-refractivity contribution in [3.63, 3.8) is 0 Å². The summed E-state index contributed by atoms with van der Waals surface area (Å²) < 4.78 is 8.97. The number of carbonyl (C=O) groups excluding carboxylic acids is 2. The zero-order chi connectivity index (χ0) is 29.5. The molecule has 2 saturated heterocycles. The molecule has 218 valence electrons. The van der Waals surface area contributed by atoms with Crippen molar-refractivity contribution in [2.24, 2.45) is 18.4 Å². The highest BCUT2D eigenvalue weighted by Crippen LogP contribution is 2.71. The summed E-state index contributed by atoms with van der Waals surface area (Å²) in [5.74, 6) is 2.22. The minimum absolute atomic E-state index is 0.00710. The largest absolute Gasteiger partial charge is 0.381 e. The third-order valence-corrected chi connectivity index (χ3v) is 10.5. The summed E-state index contributed by atoms with van der Waals surface area (Å²) in [6.45, 7) is 1.28. The predicted molar refractivity (Wildman–Crippen MR) is 160 cm³/mol. The van der Waals surface area contributed by atoms with Crippen LogP contribution in [0.1, 0.15) is 52.8 Å². The molecule has 2 aromatic heterocycles. The van der Waals surface area contributed by atoms with E-state index >= 15 is 0 Å². The van der Waals surface area contributed by atoms with Crippen LogP contribution in [0, 0.1) is 23.3 Å². The van der Waals surface area contributed by atoms with Gasteiger partial charge >= 0.3 is 11.6 Å². The number of carbonyl (C=O) groups is 2. The van der Waals surface area contributed by atoms with Gasteiger partial charge in [0.1, 0.15) is 23.3 Å². The Labute approximate surface area is 248 Å². The first-order chi connectivity index (χ1) is 20.8. The number of imidazole rings is 1. The first kappa shape index (κ1) is 26.2. The molecule has 2 aliphatic heterocycles. The normalized spacial score (nSPS) is 29.3. The van der Waals surface area contributed by atoms with E-state index in [0.29, 0.717) is 18.9 Å². The molecule has 5 atom stereocenters. The van der Waals surface area contributed by atoms with Crippen LogP contribution in [0.2, 0.25) is 0 Å². The summed E-state index contributed by atoms with van der Waals surface area (Å²) >= 11 is 0. The van der Waals surface area contributed by atoms with Gasteiger partial charge in [0.2, 0.25) is 0 Å². The third kappa shape index (κ3) is 3.68. The quantitative estimate of drug-likeness (QED) is 0.221. The van der Waals surface area contributed by atoms with Crippen molar-refractivity contribution < 1.29 is 14.3 Å². The lowest BCUT2D eigenvalue weighted by molar-refractivity contribution is -0.136. The number of quaternary nitrogens is 1. The molecule has 4 heterocycles. The maximum Gasteiger partial charge on any atom is 0.334 e. The second-order valence-corrected chi connectivity index (χ2v) is 12.6. The van der Waals surface area contributed by atoms with Crippen molar-refractivity contribution in [2.45, 2.75) is 43.7 Å². The van der Waals surface area contributed by atoms with E-state index in [1.54, 1.807) is 19.3 Å². The number of hydrogen-bond donors (Lipinski definition) is 2. The maximum atomic E-state index is 14.7. The van der Waals surface area contributed by atoms with Gasteiger partial charge in [-0.15, -0.1) is 0 Å². The minimum atomic E-state index is -0.610. The lowest BCUT2D eigenvalue weighted by Crippen LogP contribution is -2.61. The Bertz CT molecular complexity index is 1940. The molecule has 4 aromatic rings. The summed E-state index contributed by atoms with van der Waals surface area (Å²) in [5.41, 5.74) is 5.07. The smallest absolute Gasteiger partial charge is 0.334 e. The van der Waals surface area contributed by atoms with Crippen LogP contribution in [0.15, 0.2) is 59.5 Å². The Kier molecular flexibility index (Phi) is 5.64. The Morgan fingerprint density at radius 3 is 2.77 bits per heavy atom. The number of rotatable bonds is 3. The van der Waals surface area contributed by atoms with E-state index in [1.165, 1.54) is 15.8 Å². The van der Waals surface area contributed by atoms with Gasteiger partial charge in [-0.1, -0.05) is 30.2 Å². The SMILES string of the molecule is Cn1nccc1C(=O)NC#CC1C(=O)[N+](C)(c2ccc3c(c2)[nH]c(=O)n3C2CCOCC2)C2CC23Cc2ccccc2C13. The monoisotopic (exact) mass is 577 g/mol. The van der Waals surface area contributed by atoms with Crippen LogP contribution >= 0.6 is 0 Å². The Balaban J connectivity index is 1.19. The number of nitrogens with one attached hydrogen (secondary N) is 2. The van der Waals surface area contributed by atoms with Crippen molar-refractivity contribution in [2.75, 3.05) is 20.3 Å². The molecule has 5 unspecified atom stereocenters. The first-order valence-electron chi connectivity index (χ1n) is 14.9. The van der Waals surface area contributed by atoms with Crippen LogP contribution in [-0.2, 0) is 23.0 Å². The maximum absolute atomic E-state index is 14.7. The number of ether oxygens (including phenoxy) is 1. The number of benzene rings is 2. The van der Waals surface area contributed by atoms with E-state index in [4.69, 9.17) is 4.74 Å². The van der Waals surface area contributed by atoms with Crippen LogP contribution < -0.4 is 15.5 Å². The van der Waals surface area contributed by atoms with Gasteiger partial charge in [-0.25, -0.2) is 14.1 Å². The average Bonchev–Trinajstić information content (AvgIpc) is 3.26. The fraction of sp³-hybridized carbons (Fsp3) is 0.394. The summed E-state index contributed by atoms with van der Waals surface area (Å²) in [5, 5.41) is 6.74. The topological polar surface area (TPSA) is 111 Å². The molecule has 0 radical (unpaired) electrons. The number of nitrogens with zero attached hydrogens (tertiary/aromatic N) is 4. The number of amides is 2. The molecule has 8 rings (SSSR count). The molecule has 10 nitrogen and oxygen atoms in total. The minimum Gasteiger partial charge on any atom is -0.381 e.